The number of benzene rings is 3. The van der Waals surface area contributed by atoms with Crippen molar-refractivity contribution in [3.63, 3.8) is 0 Å². The van der Waals surface area contributed by atoms with Crippen molar-refractivity contribution in [3.8, 4) is 0 Å². The lowest BCUT2D eigenvalue weighted by molar-refractivity contribution is -0.139. The lowest BCUT2D eigenvalue weighted by Gasteiger charge is -2.33. The van der Waals surface area contributed by atoms with Crippen LogP contribution in [0.5, 0.6) is 0 Å². The zero-order valence-electron chi connectivity index (χ0n) is 23.4. The Morgan fingerprint density at radius 3 is 2.32 bits per heavy atom. The van der Waals surface area contributed by atoms with E-state index in [1.54, 1.807) is 55.5 Å². The summed E-state index contributed by atoms with van der Waals surface area (Å²) in [6.45, 7) is 4.86. The summed E-state index contributed by atoms with van der Waals surface area (Å²) in [5.74, 6) is -0.829. The fourth-order valence-electron chi connectivity index (χ4n) is 5.05. The van der Waals surface area contributed by atoms with Crippen LogP contribution < -0.4 is 9.62 Å². The predicted molar refractivity (Wildman–Crippen MR) is 164 cm³/mol. The number of rotatable bonds is 10. The van der Waals surface area contributed by atoms with Crippen molar-refractivity contribution in [1.82, 2.24) is 10.2 Å². The van der Waals surface area contributed by atoms with Crippen molar-refractivity contribution in [3.05, 3.63) is 93.5 Å². The number of anilines is 1. The molecule has 0 aliphatic heterocycles. The van der Waals surface area contributed by atoms with Crippen LogP contribution in [0.15, 0.2) is 71.6 Å². The van der Waals surface area contributed by atoms with E-state index in [1.165, 1.54) is 17.0 Å². The van der Waals surface area contributed by atoms with Crippen LogP contribution in [0.2, 0.25) is 10.0 Å². The van der Waals surface area contributed by atoms with Gasteiger partial charge in [-0.25, -0.2) is 8.42 Å². The van der Waals surface area contributed by atoms with E-state index in [-0.39, 0.29) is 23.4 Å². The summed E-state index contributed by atoms with van der Waals surface area (Å²) in [4.78, 5) is 28.9. The second-order valence-electron chi connectivity index (χ2n) is 10.5. The number of nitrogens with zero attached hydrogens (tertiary/aromatic N) is 2. The van der Waals surface area contributed by atoms with E-state index in [9.17, 15) is 18.0 Å². The molecule has 10 heteroatoms. The zero-order valence-corrected chi connectivity index (χ0v) is 25.8. The molecule has 7 nitrogen and oxygen atoms in total. The summed E-state index contributed by atoms with van der Waals surface area (Å²) in [5, 5.41) is 3.85. The van der Waals surface area contributed by atoms with Crippen molar-refractivity contribution in [2.45, 2.75) is 70.0 Å². The minimum absolute atomic E-state index is 0.000112. The topological polar surface area (TPSA) is 86.8 Å². The SMILES string of the molecule is Cc1cccc(N(CC(=O)N(Cc2ccc(Cl)cc2Cl)C(C)C(=O)NC2CCCC2)S(=O)(=O)c2ccccc2)c1C. The fraction of sp³-hybridized carbons (Fsp3) is 0.355. The van der Waals surface area contributed by atoms with Gasteiger partial charge in [-0.3, -0.25) is 13.9 Å². The van der Waals surface area contributed by atoms with E-state index in [4.69, 9.17) is 23.2 Å². The zero-order chi connectivity index (χ0) is 29.7. The number of amides is 2. The van der Waals surface area contributed by atoms with E-state index in [1.807, 2.05) is 19.9 Å². The molecule has 1 aliphatic rings. The maximum atomic E-state index is 14.1. The summed E-state index contributed by atoms with van der Waals surface area (Å²) in [7, 11) is -4.13. The van der Waals surface area contributed by atoms with E-state index >= 15 is 0 Å². The number of sulfonamides is 1. The molecule has 0 aromatic heterocycles. The summed E-state index contributed by atoms with van der Waals surface area (Å²) in [6, 6.07) is 17.5. The third kappa shape index (κ3) is 7.23. The molecule has 1 saturated carbocycles. The molecule has 1 unspecified atom stereocenters. The second kappa shape index (κ2) is 13.3. The van der Waals surface area contributed by atoms with Gasteiger partial charge in [0.25, 0.3) is 10.0 Å². The van der Waals surface area contributed by atoms with Crippen LogP contribution in [-0.2, 0) is 26.2 Å². The quantitative estimate of drug-likeness (QED) is 0.291. The van der Waals surface area contributed by atoms with Crippen molar-refractivity contribution in [2.75, 3.05) is 10.8 Å². The van der Waals surface area contributed by atoms with Crippen LogP contribution in [0.25, 0.3) is 0 Å². The molecule has 0 saturated heterocycles. The third-order valence-electron chi connectivity index (χ3n) is 7.68. The lowest BCUT2D eigenvalue weighted by atomic mass is 10.1. The maximum absolute atomic E-state index is 14.1. The van der Waals surface area contributed by atoms with Crippen LogP contribution in [-0.4, -0.2) is 43.8 Å². The molecule has 1 N–H and O–H groups in total. The van der Waals surface area contributed by atoms with Gasteiger partial charge in [-0.2, -0.15) is 0 Å². The number of halogens is 2. The largest absolute Gasteiger partial charge is 0.352 e. The monoisotopic (exact) mass is 615 g/mol. The van der Waals surface area contributed by atoms with E-state index in [0.717, 1.165) is 41.1 Å². The van der Waals surface area contributed by atoms with Crippen molar-refractivity contribution in [2.24, 2.45) is 0 Å². The number of hydrogen-bond donors (Lipinski definition) is 1. The minimum Gasteiger partial charge on any atom is -0.352 e. The highest BCUT2D eigenvalue weighted by molar-refractivity contribution is 7.92. The van der Waals surface area contributed by atoms with Crippen LogP contribution in [0, 0.1) is 13.8 Å². The normalized spacial score (nSPS) is 14.5. The number of carbonyl (C=O) groups excluding carboxylic acids is 2. The van der Waals surface area contributed by atoms with Crippen molar-refractivity contribution in [1.29, 1.82) is 0 Å². The van der Waals surface area contributed by atoms with Crippen LogP contribution in [0.3, 0.4) is 0 Å². The van der Waals surface area contributed by atoms with Gasteiger partial charge in [0.05, 0.1) is 10.6 Å². The molecule has 1 atom stereocenters. The predicted octanol–water partition coefficient (Wildman–Crippen LogP) is 6.28. The first-order valence-electron chi connectivity index (χ1n) is 13.7. The molecule has 1 aliphatic carbocycles. The van der Waals surface area contributed by atoms with E-state index in [0.29, 0.717) is 21.3 Å². The van der Waals surface area contributed by atoms with Gasteiger partial charge in [-0.1, -0.05) is 72.4 Å². The number of hydrogen-bond acceptors (Lipinski definition) is 4. The van der Waals surface area contributed by atoms with Crippen LogP contribution >= 0.6 is 23.2 Å². The Morgan fingerprint density at radius 1 is 0.976 bits per heavy atom. The van der Waals surface area contributed by atoms with Gasteiger partial charge in [-0.05, 0) is 80.6 Å². The Labute approximate surface area is 252 Å². The molecule has 0 radical (unpaired) electrons. The summed E-state index contributed by atoms with van der Waals surface area (Å²) >= 11 is 12.6. The van der Waals surface area contributed by atoms with Gasteiger partial charge >= 0.3 is 0 Å². The first-order chi connectivity index (χ1) is 19.5. The van der Waals surface area contributed by atoms with E-state index < -0.39 is 28.5 Å². The standard InChI is InChI=1S/C31H35Cl2N3O4S/c1-21-10-9-15-29(22(21)2)36(41(39,40)27-13-5-4-6-14-27)20-30(37)35(19-24-16-17-25(32)18-28(24)33)23(3)31(38)34-26-11-7-8-12-26/h4-6,9-10,13-18,23,26H,7-8,11-12,19-20H2,1-3H3,(H,34,38). The van der Waals surface area contributed by atoms with Crippen LogP contribution in [0.4, 0.5) is 5.69 Å². The summed E-state index contributed by atoms with van der Waals surface area (Å²) in [5.41, 5.74) is 2.61. The molecule has 41 heavy (non-hydrogen) atoms. The molecule has 0 spiro atoms. The number of aryl methyl sites for hydroxylation is 1. The van der Waals surface area contributed by atoms with Gasteiger partial charge in [0.15, 0.2) is 0 Å². The lowest BCUT2D eigenvalue weighted by Crippen LogP contribution is -2.52. The average Bonchev–Trinajstić information content (AvgIpc) is 3.46. The Hall–Kier alpha value is -3.07. The Kier molecular flexibility index (Phi) is 10.00. The van der Waals surface area contributed by atoms with Crippen molar-refractivity contribution < 1.29 is 18.0 Å². The molecule has 1 fully saturated rings. The van der Waals surface area contributed by atoms with Gasteiger partial charge in [-0.15, -0.1) is 0 Å². The number of nitrogens with one attached hydrogen (secondary N) is 1. The Balaban J connectivity index is 1.73. The fourth-order valence-corrected chi connectivity index (χ4v) is 7.01. The first kappa shape index (κ1) is 30.9. The summed E-state index contributed by atoms with van der Waals surface area (Å²) in [6.07, 6.45) is 3.88. The molecule has 0 bridgehead atoms. The van der Waals surface area contributed by atoms with Gasteiger partial charge in [0, 0.05) is 22.6 Å². The van der Waals surface area contributed by atoms with Gasteiger partial charge < -0.3 is 10.2 Å². The molecule has 0 heterocycles. The smallest absolute Gasteiger partial charge is 0.264 e. The first-order valence-corrected chi connectivity index (χ1v) is 15.9. The molecular formula is C31H35Cl2N3O4S. The molecule has 218 valence electrons. The molecule has 2 amide bonds. The second-order valence-corrected chi connectivity index (χ2v) is 13.2. The third-order valence-corrected chi connectivity index (χ3v) is 10.0. The average molecular weight is 617 g/mol. The highest BCUT2D eigenvalue weighted by Gasteiger charge is 2.34. The Morgan fingerprint density at radius 2 is 1.66 bits per heavy atom. The van der Waals surface area contributed by atoms with E-state index in [2.05, 4.69) is 5.32 Å². The van der Waals surface area contributed by atoms with Gasteiger partial charge in [0.2, 0.25) is 11.8 Å². The highest BCUT2D eigenvalue weighted by Crippen LogP contribution is 2.30. The maximum Gasteiger partial charge on any atom is 0.264 e. The van der Waals surface area contributed by atoms with Gasteiger partial charge in [0.1, 0.15) is 12.6 Å². The number of carbonyl (C=O) groups is 2. The Bertz CT molecular complexity index is 1510. The molecule has 3 aromatic rings. The molecule has 3 aromatic carbocycles. The van der Waals surface area contributed by atoms with Crippen LogP contribution in [0.1, 0.15) is 49.3 Å². The highest BCUT2D eigenvalue weighted by atomic mass is 35.5. The molecule has 4 rings (SSSR count). The minimum atomic E-state index is -4.13. The molecular weight excluding hydrogens is 581 g/mol. The summed E-state index contributed by atoms with van der Waals surface area (Å²) < 4.78 is 29.1. The van der Waals surface area contributed by atoms with Crippen molar-refractivity contribution >= 4 is 50.7 Å².